The van der Waals surface area contributed by atoms with Gasteiger partial charge in [-0.05, 0) is 35.0 Å². The highest BCUT2D eigenvalue weighted by atomic mass is 79.9. The van der Waals surface area contributed by atoms with Crippen molar-refractivity contribution < 1.29 is 4.74 Å². The molecule has 0 bridgehead atoms. The van der Waals surface area contributed by atoms with Gasteiger partial charge in [-0.2, -0.15) is 0 Å². The summed E-state index contributed by atoms with van der Waals surface area (Å²) < 4.78 is 8.84. The minimum Gasteiger partial charge on any atom is -0.472 e. The van der Waals surface area contributed by atoms with Crippen LogP contribution in [0.1, 0.15) is 5.56 Å². The Labute approximate surface area is 131 Å². The van der Waals surface area contributed by atoms with Gasteiger partial charge in [-0.3, -0.25) is 4.57 Å². The molecule has 0 radical (unpaired) electrons. The van der Waals surface area contributed by atoms with Gasteiger partial charge >= 0.3 is 0 Å². The monoisotopic (exact) mass is 340 g/mol. The number of nitrogens with zero attached hydrogens (tertiary/aromatic N) is 2. The highest BCUT2D eigenvalue weighted by molar-refractivity contribution is 9.10. The Balaban J connectivity index is 1.96. The first-order chi connectivity index (χ1) is 10.2. The molecule has 0 fully saturated rings. The molecule has 0 spiro atoms. The Morgan fingerprint density at radius 1 is 1.14 bits per heavy atom. The summed E-state index contributed by atoms with van der Waals surface area (Å²) in [5.74, 6) is 1.84. The van der Waals surface area contributed by atoms with Gasteiger partial charge in [0.15, 0.2) is 6.73 Å². The highest BCUT2D eigenvalue weighted by Crippen LogP contribution is 2.40. The van der Waals surface area contributed by atoms with Crippen molar-refractivity contribution in [1.29, 1.82) is 0 Å². The first-order valence-corrected chi connectivity index (χ1v) is 7.58. The molecule has 4 heteroatoms. The van der Waals surface area contributed by atoms with Crippen molar-refractivity contribution in [2.75, 3.05) is 0 Å². The zero-order chi connectivity index (χ0) is 14.4. The molecule has 104 valence electrons. The van der Waals surface area contributed by atoms with E-state index in [-0.39, 0.29) is 0 Å². The van der Waals surface area contributed by atoms with Gasteiger partial charge in [0.05, 0.1) is 11.3 Å². The first kappa shape index (κ1) is 12.7. The fourth-order valence-corrected chi connectivity index (χ4v) is 3.32. The summed E-state index contributed by atoms with van der Waals surface area (Å²) in [5, 5.41) is 0. The lowest BCUT2D eigenvalue weighted by molar-refractivity contribution is 0.231. The second-order valence-corrected chi connectivity index (χ2v) is 5.89. The van der Waals surface area contributed by atoms with Crippen molar-refractivity contribution in [2.24, 2.45) is 0 Å². The van der Waals surface area contributed by atoms with Crippen LogP contribution in [-0.2, 0) is 6.73 Å². The van der Waals surface area contributed by atoms with E-state index in [0.717, 1.165) is 33.0 Å². The summed E-state index contributed by atoms with van der Waals surface area (Å²) >= 11 is 3.60. The molecule has 0 N–H and O–H groups in total. The molecule has 2 heterocycles. The van der Waals surface area contributed by atoms with Crippen molar-refractivity contribution in [3.05, 3.63) is 58.7 Å². The lowest BCUT2D eigenvalue weighted by Gasteiger charge is -2.21. The molecule has 1 aromatic heterocycles. The molecule has 2 aromatic carbocycles. The summed E-state index contributed by atoms with van der Waals surface area (Å²) in [6.07, 6.45) is 0. The summed E-state index contributed by atoms with van der Waals surface area (Å²) in [6, 6.07) is 16.4. The molecular weight excluding hydrogens is 328 g/mol. The molecule has 1 aliphatic rings. The summed E-state index contributed by atoms with van der Waals surface area (Å²) in [7, 11) is 0. The van der Waals surface area contributed by atoms with Gasteiger partial charge in [0.1, 0.15) is 16.2 Å². The van der Waals surface area contributed by atoms with Crippen molar-refractivity contribution in [1.82, 2.24) is 9.55 Å². The average Bonchev–Trinajstić information content (AvgIpc) is 2.84. The maximum absolute atomic E-state index is 5.88. The van der Waals surface area contributed by atoms with Gasteiger partial charge in [0.25, 0.3) is 0 Å². The van der Waals surface area contributed by atoms with E-state index < -0.39 is 0 Å². The Bertz CT molecular complexity index is 824. The van der Waals surface area contributed by atoms with Crippen molar-refractivity contribution in [3.63, 3.8) is 0 Å². The number of hydrogen-bond donors (Lipinski definition) is 0. The number of hydrogen-bond acceptors (Lipinski definition) is 2. The van der Waals surface area contributed by atoms with Gasteiger partial charge < -0.3 is 4.74 Å². The van der Waals surface area contributed by atoms with Crippen molar-refractivity contribution in [3.8, 4) is 28.4 Å². The third-order valence-electron chi connectivity index (χ3n) is 3.70. The topological polar surface area (TPSA) is 27.1 Å². The van der Waals surface area contributed by atoms with Gasteiger partial charge in [0, 0.05) is 5.56 Å². The number of fused-ring (bicyclic) bond motifs is 3. The molecular formula is C17H13BrN2O. The molecule has 3 aromatic rings. The normalized spacial score (nSPS) is 12.5. The lowest BCUT2D eigenvalue weighted by Crippen LogP contribution is -2.14. The summed E-state index contributed by atoms with van der Waals surface area (Å²) in [6.45, 7) is 2.56. The SMILES string of the molecule is Cc1ccc2c(c1)-c1nc(Br)c(-c3ccccc3)n1CO2. The standard InChI is InChI=1S/C17H13BrN2O/c1-11-7-8-14-13(9-11)17-19-16(18)15(20(17)10-21-14)12-5-3-2-4-6-12/h2-9H,10H2,1H3. The molecule has 0 aliphatic carbocycles. The van der Waals surface area contributed by atoms with E-state index in [1.165, 1.54) is 5.56 Å². The molecule has 0 saturated heterocycles. The van der Waals surface area contributed by atoms with Crippen molar-refractivity contribution in [2.45, 2.75) is 13.7 Å². The van der Waals surface area contributed by atoms with E-state index in [0.29, 0.717) is 6.73 Å². The van der Waals surface area contributed by atoms with E-state index in [2.05, 4.69) is 51.7 Å². The third kappa shape index (κ3) is 1.98. The zero-order valence-corrected chi connectivity index (χ0v) is 13.1. The molecule has 0 unspecified atom stereocenters. The van der Waals surface area contributed by atoms with Gasteiger partial charge in [-0.1, -0.05) is 42.0 Å². The van der Waals surface area contributed by atoms with Crippen LogP contribution < -0.4 is 4.74 Å². The minimum absolute atomic E-state index is 0.480. The van der Waals surface area contributed by atoms with Gasteiger partial charge in [-0.25, -0.2) is 4.98 Å². The zero-order valence-electron chi connectivity index (χ0n) is 11.5. The number of aryl methyl sites for hydroxylation is 1. The van der Waals surface area contributed by atoms with Crippen LogP contribution in [0.4, 0.5) is 0 Å². The van der Waals surface area contributed by atoms with Crippen LogP contribution in [0.2, 0.25) is 0 Å². The van der Waals surface area contributed by atoms with E-state index in [1.54, 1.807) is 0 Å². The van der Waals surface area contributed by atoms with Crippen LogP contribution in [0.5, 0.6) is 5.75 Å². The molecule has 21 heavy (non-hydrogen) atoms. The van der Waals surface area contributed by atoms with Crippen LogP contribution in [0, 0.1) is 6.92 Å². The number of halogens is 1. The number of imidazole rings is 1. The van der Waals surface area contributed by atoms with Crippen LogP contribution in [0.3, 0.4) is 0 Å². The molecule has 0 amide bonds. The summed E-state index contributed by atoms with van der Waals surface area (Å²) in [4.78, 5) is 4.71. The van der Waals surface area contributed by atoms with E-state index in [1.807, 2.05) is 24.3 Å². The Hall–Kier alpha value is -2.07. The van der Waals surface area contributed by atoms with E-state index in [4.69, 9.17) is 9.72 Å². The molecule has 0 atom stereocenters. The van der Waals surface area contributed by atoms with Crippen molar-refractivity contribution >= 4 is 15.9 Å². The number of ether oxygens (including phenoxy) is 1. The molecule has 3 nitrogen and oxygen atoms in total. The van der Waals surface area contributed by atoms with E-state index in [9.17, 15) is 0 Å². The fourth-order valence-electron chi connectivity index (χ4n) is 2.70. The smallest absolute Gasteiger partial charge is 0.167 e. The predicted octanol–water partition coefficient (Wildman–Crippen LogP) is 4.64. The summed E-state index contributed by atoms with van der Waals surface area (Å²) in [5.41, 5.74) is 4.43. The Kier molecular flexibility index (Phi) is 2.86. The molecule has 1 aliphatic heterocycles. The van der Waals surface area contributed by atoms with E-state index >= 15 is 0 Å². The van der Waals surface area contributed by atoms with Gasteiger partial charge in [0.2, 0.25) is 0 Å². The minimum atomic E-state index is 0.480. The van der Waals surface area contributed by atoms with Gasteiger partial charge in [-0.15, -0.1) is 0 Å². The Morgan fingerprint density at radius 3 is 2.76 bits per heavy atom. The third-order valence-corrected chi connectivity index (χ3v) is 4.25. The van der Waals surface area contributed by atoms with Crippen LogP contribution >= 0.6 is 15.9 Å². The second-order valence-electron chi connectivity index (χ2n) is 5.14. The largest absolute Gasteiger partial charge is 0.472 e. The molecule has 0 saturated carbocycles. The number of benzene rings is 2. The maximum Gasteiger partial charge on any atom is 0.167 e. The second kappa shape index (κ2) is 4.74. The maximum atomic E-state index is 5.88. The number of aromatic nitrogens is 2. The van der Waals surface area contributed by atoms with Crippen LogP contribution in [0.25, 0.3) is 22.6 Å². The quantitative estimate of drug-likeness (QED) is 0.645. The predicted molar refractivity (Wildman–Crippen MR) is 86.2 cm³/mol. The average molecular weight is 341 g/mol. The fraction of sp³-hybridized carbons (Fsp3) is 0.118. The first-order valence-electron chi connectivity index (χ1n) is 6.79. The Morgan fingerprint density at radius 2 is 1.95 bits per heavy atom. The highest BCUT2D eigenvalue weighted by Gasteiger charge is 2.24. The lowest BCUT2D eigenvalue weighted by atomic mass is 10.1. The number of rotatable bonds is 1. The van der Waals surface area contributed by atoms with Crippen LogP contribution in [-0.4, -0.2) is 9.55 Å². The van der Waals surface area contributed by atoms with Crippen LogP contribution in [0.15, 0.2) is 53.1 Å². The molecule has 4 rings (SSSR count).